The molecule has 30 heavy (non-hydrogen) atoms. The molecule has 1 heterocycles. The largest absolute Gasteiger partial charge is 0.448 e. The molecule has 2 N–H and O–H groups in total. The number of hydrogen-bond donors (Lipinski definition) is 2. The highest BCUT2D eigenvalue weighted by atomic mass is 16.6. The molecular formula is C24H28N2O4. The molecule has 2 aromatic carbocycles. The average Bonchev–Trinajstić information content (AvgIpc) is 3.39. The smallest absolute Gasteiger partial charge is 0.410 e. The lowest BCUT2D eigenvalue weighted by Crippen LogP contribution is -2.46. The van der Waals surface area contributed by atoms with Crippen molar-refractivity contribution < 1.29 is 19.4 Å². The SMILES string of the molecule is O=C(NCCCCO)[C@@H]1CCCN1C(=O)OCC1c2ccccc2-c2ccccc21. The lowest BCUT2D eigenvalue weighted by molar-refractivity contribution is -0.125. The van der Waals surface area contributed by atoms with Crippen molar-refractivity contribution in [2.24, 2.45) is 0 Å². The maximum atomic E-state index is 12.8. The van der Waals surface area contributed by atoms with Crippen molar-refractivity contribution in [3.05, 3.63) is 59.7 Å². The van der Waals surface area contributed by atoms with Crippen LogP contribution in [0.5, 0.6) is 0 Å². The Balaban J connectivity index is 1.39. The molecule has 1 aliphatic carbocycles. The second-order valence-electron chi connectivity index (χ2n) is 7.88. The number of rotatable bonds is 7. The summed E-state index contributed by atoms with van der Waals surface area (Å²) in [5, 5.41) is 11.7. The number of nitrogens with one attached hydrogen (secondary N) is 1. The number of amides is 2. The number of fused-ring (bicyclic) bond motifs is 3. The van der Waals surface area contributed by atoms with E-state index in [1.807, 2.05) is 24.3 Å². The standard InChI is InChI=1S/C24H28N2O4/c27-15-6-5-13-25-23(28)22-12-7-14-26(22)24(29)30-16-21-19-10-3-1-8-17(19)18-9-2-4-11-20(18)21/h1-4,8-11,21-22,27H,5-7,12-16H2,(H,25,28)/t22-/m0/s1. The van der Waals surface area contributed by atoms with E-state index < -0.39 is 12.1 Å². The minimum absolute atomic E-state index is 0.00899. The molecule has 2 amide bonds. The number of carbonyl (C=O) groups is 2. The first-order valence-electron chi connectivity index (χ1n) is 10.7. The quantitative estimate of drug-likeness (QED) is 0.689. The molecule has 0 radical (unpaired) electrons. The summed E-state index contributed by atoms with van der Waals surface area (Å²) in [7, 11) is 0. The van der Waals surface area contributed by atoms with Crippen LogP contribution >= 0.6 is 0 Å². The Morgan fingerprint density at radius 2 is 1.70 bits per heavy atom. The van der Waals surface area contributed by atoms with Crippen LogP contribution in [0.15, 0.2) is 48.5 Å². The van der Waals surface area contributed by atoms with Gasteiger partial charge in [0.05, 0.1) is 0 Å². The van der Waals surface area contributed by atoms with Gasteiger partial charge >= 0.3 is 6.09 Å². The number of hydrogen-bond acceptors (Lipinski definition) is 4. The van der Waals surface area contributed by atoms with E-state index in [0.717, 1.165) is 12.8 Å². The predicted molar refractivity (Wildman–Crippen MR) is 114 cm³/mol. The molecule has 1 atom stereocenters. The van der Waals surface area contributed by atoms with Crippen LogP contribution in [-0.2, 0) is 9.53 Å². The molecule has 1 fully saturated rings. The molecular weight excluding hydrogens is 380 g/mol. The average molecular weight is 408 g/mol. The van der Waals surface area contributed by atoms with Crippen molar-refractivity contribution in [3.63, 3.8) is 0 Å². The number of carbonyl (C=O) groups excluding carboxylic acids is 2. The Morgan fingerprint density at radius 3 is 2.37 bits per heavy atom. The van der Waals surface area contributed by atoms with E-state index in [1.165, 1.54) is 22.3 Å². The van der Waals surface area contributed by atoms with E-state index >= 15 is 0 Å². The summed E-state index contributed by atoms with van der Waals surface area (Å²) in [5.41, 5.74) is 4.73. The van der Waals surface area contributed by atoms with E-state index in [0.29, 0.717) is 25.9 Å². The number of likely N-dealkylation sites (tertiary alicyclic amines) is 1. The van der Waals surface area contributed by atoms with Crippen LogP contribution < -0.4 is 5.32 Å². The van der Waals surface area contributed by atoms with Gasteiger partial charge in [0.15, 0.2) is 0 Å². The summed E-state index contributed by atoms with van der Waals surface area (Å²) in [6, 6.07) is 16.0. The van der Waals surface area contributed by atoms with Crippen LogP contribution in [0.4, 0.5) is 4.79 Å². The first-order chi connectivity index (χ1) is 14.7. The Hall–Kier alpha value is -2.86. The number of benzene rings is 2. The number of unbranched alkanes of at least 4 members (excludes halogenated alkanes) is 1. The van der Waals surface area contributed by atoms with Gasteiger partial charge in [0.1, 0.15) is 12.6 Å². The fourth-order valence-electron chi connectivity index (χ4n) is 4.50. The van der Waals surface area contributed by atoms with Crippen LogP contribution in [0, 0.1) is 0 Å². The van der Waals surface area contributed by atoms with Crippen LogP contribution in [0.2, 0.25) is 0 Å². The van der Waals surface area contributed by atoms with E-state index in [1.54, 1.807) is 4.90 Å². The van der Waals surface area contributed by atoms with Crippen LogP contribution in [0.25, 0.3) is 11.1 Å². The van der Waals surface area contributed by atoms with Crippen molar-refractivity contribution in [2.45, 2.75) is 37.6 Å². The predicted octanol–water partition coefficient (Wildman–Crippen LogP) is 3.29. The molecule has 1 aliphatic heterocycles. The third-order valence-electron chi connectivity index (χ3n) is 6.01. The summed E-state index contributed by atoms with van der Waals surface area (Å²) in [6.45, 7) is 1.42. The van der Waals surface area contributed by atoms with Crippen molar-refractivity contribution in [1.29, 1.82) is 0 Å². The highest BCUT2D eigenvalue weighted by molar-refractivity contribution is 5.86. The van der Waals surface area contributed by atoms with Gasteiger partial charge in [-0.05, 0) is 47.9 Å². The van der Waals surface area contributed by atoms with Gasteiger partial charge in [-0.25, -0.2) is 4.79 Å². The van der Waals surface area contributed by atoms with Gasteiger partial charge < -0.3 is 15.2 Å². The molecule has 0 aromatic heterocycles. The van der Waals surface area contributed by atoms with Crippen LogP contribution in [0.1, 0.15) is 42.7 Å². The number of nitrogens with zero attached hydrogens (tertiary/aromatic N) is 1. The summed E-state index contributed by atoms with van der Waals surface area (Å²) in [6.07, 6.45) is 2.39. The molecule has 6 nitrogen and oxygen atoms in total. The summed E-state index contributed by atoms with van der Waals surface area (Å²) >= 11 is 0. The fraction of sp³-hybridized carbons (Fsp3) is 0.417. The maximum absolute atomic E-state index is 12.8. The molecule has 2 aliphatic rings. The molecule has 158 valence electrons. The van der Waals surface area contributed by atoms with Crippen molar-refractivity contribution >= 4 is 12.0 Å². The van der Waals surface area contributed by atoms with Gasteiger partial charge in [-0.15, -0.1) is 0 Å². The molecule has 1 saturated heterocycles. The zero-order valence-electron chi connectivity index (χ0n) is 17.0. The second kappa shape index (κ2) is 9.30. The van der Waals surface area contributed by atoms with Gasteiger partial charge in [-0.2, -0.15) is 0 Å². The van der Waals surface area contributed by atoms with Gasteiger partial charge in [0, 0.05) is 25.6 Å². The summed E-state index contributed by atoms with van der Waals surface area (Å²) < 4.78 is 5.72. The first kappa shape index (κ1) is 20.4. The molecule has 0 spiro atoms. The van der Waals surface area contributed by atoms with Crippen molar-refractivity contribution in [2.75, 3.05) is 26.3 Å². The third kappa shape index (κ3) is 4.05. The number of ether oxygens (including phenoxy) is 1. The second-order valence-corrected chi connectivity index (χ2v) is 7.88. The Labute approximate surface area is 176 Å². The monoisotopic (exact) mass is 408 g/mol. The summed E-state index contributed by atoms with van der Waals surface area (Å²) in [5.74, 6) is -0.131. The molecule has 0 unspecified atom stereocenters. The fourth-order valence-corrected chi connectivity index (χ4v) is 4.50. The molecule has 2 aromatic rings. The van der Waals surface area contributed by atoms with E-state index in [-0.39, 0.29) is 25.0 Å². The minimum Gasteiger partial charge on any atom is -0.448 e. The minimum atomic E-state index is -0.477. The molecule has 0 saturated carbocycles. The first-order valence-corrected chi connectivity index (χ1v) is 10.7. The summed E-state index contributed by atoms with van der Waals surface area (Å²) in [4.78, 5) is 26.8. The normalized spacial score (nSPS) is 17.5. The molecule has 6 heteroatoms. The Bertz CT molecular complexity index is 868. The number of aliphatic hydroxyl groups is 1. The van der Waals surface area contributed by atoms with E-state index in [9.17, 15) is 9.59 Å². The van der Waals surface area contributed by atoms with E-state index in [4.69, 9.17) is 9.84 Å². The van der Waals surface area contributed by atoms with Crippen molar-refractivity contribution in [1.82, 2.24) is 10.2 Å². The zero-order valence-corrected chi connectivity index (χ0v) is 17.0. The Morgan fingerprint density at radius 1 is 1.03 bits per heavy atom. The van der Waals surface area contributed by atoms with Gasteiger partial charge in [-0.3, -0.25) is 9.69 Å². The Kier molecular flexibility index (Phi) is 6.33. The molecule has 4 rings (SSSR count). The van der Waals surface area contributed by atoms with E-state index in [2.05, 4.69) is 29.6 Å². The van der Waals surface area contributed by atoms with Crippen LogP contribution in [-0.4, -0.2) is 54.4 Å². The molecule has 0 bridgehead atoms. The highest BCUT2D eigenvalue weighted by Crippen LogP contribution is 2.44. The third-order valence-corrected chi connectivity index (χ3v) is 6.01. The topological polar surface area (TPSA) is 78.9 Å². The van der Waals surface area contributed by atoms with Gasteiger partial charge in [-0.1, -0.05) is 48.5 Å². The maximum Gasteiger partial charge on any atom is 0.410 e. The number of aliphatic hydroxyl groups excluding tert-OH is 1. The lowest BCUT2D eigenvalue weighted by atomic mass is 9.98. The van der Waals surface area contributed by atoms with Crippen LogP contribution in [0.3, 0.4) is 0 Å². The van der Waals surface area contributed by atoms with Gasteiger partial charge in [0.2, 0.25) is 5.91 Å². The highest BCUT2D eigenvalue weighted by Gasteiger charge is 2.36. The van der Waals surface area contributed by atoms with Gasteiger partial charge in [0.25, 0.3) is 0 Å². The zero-order chi connectivity index (χ0) is 20.9. The lowest BCUT2D eigenvalue weighted by Gasteiger charge is -2.24. The van der Waals surface area contributed by atoms with Crippen molar-refractivity contribution in [3.8, 4) is 11.1 Å².